The highest BCUT2D eigenvalue weighted by Crippen LogP contribution is 2.15. The van der Waals surface area contributed by atoms with E-state index in [1.54, 1.807) is 18.9 Å². The van der Waals surface area contributed by atoms with Gasteiger partial charge in [-0.1, -0.05) is 42.1 Å². The van der Waals surface area contributed by atoms with Crippen LogP contribution < -0.4 is 5.32 Å². The quantitative estimate of drug-likeness (QED) is 0.526. The molecule has 7 heteroatoms. The lowest BCUT2D eigenvalue weighted by molar-refractivity contribution is 0.199. The molecule has 0 aliphatic heterocycles. The van der Waals surface area contributed by atoms with E-state index >= 15 is 0 Å². The van der Waals surface area contributed by atoms with E-state index < -0.39 is 0 Å². The number of rotatable bonds is 10. The van der Waals surface area contributed by atoms with Crippen LogP contribution in [0.1, 0.15) is 5.56 Å². The van der Waals surface area contributed by atoms with E-state index in [-0.39, 0.29) is 0 Å². The number of aryl methyl sites for hydroxylation is 1. The number of aromatic nitrogens is 4. The van der Waals surface area contributed by atoms with Crippen LogP contribution in [0, 0.1) is 0 Å². The Labute approximate surface area is 129 Å². The summed E-state index contributed by atoms with van der Waals surface area (Å²) < 4.78 is 6.83. The summed E-state index contributed by atoms with van der Waals surface area (Å²) in [5.74, 6) is 0.974. The summed E-state index contributed by atoms with van der Waals surface area (Å²) in [5, 5.41) is 16.0. The smallest absolute Gasteiger partial charge is 0.209 e. The van der Waals surface area contributed by atoms with Gasteiger partial charge in [0.15, 0.2) is 0 Å². The third-order valence-electron chi connectivity index (χ3n) is 2.95. The molecular weight excluding hydrogens is 286 g/mol. The second-order valence-electron chi connectivity index (χ2n) is 4.51. The van der Waals surface area contributed by atoms with Crippen LogP contribution in [0.4, 0.5) is 0 Å². The summed E-state index contributed by atoms with van der Waals surface area (Å²) in [5.41, 5.74) is 1.34. The molecule has 0 bridgehead atoms. The Morgan fingerprint density at radius 1 is 1.24 bits per heavy atom. The Kier molecular flexibility index (Phi) is 7.20. The molecule has 0 saturated carbocycles. The highest BCUT2D eigenvalue weighted by molar-refractivity contribution is 7.99. The monoisotopic (exact) mass is 307 g/mol. The van der Waals surface area contributed by atoms with Crippen LogP contribution in [0.25, 0.3) is 0 Å². The van der Waals surface area contributed by atoms with Gasteiger partial charge in [-0.05, 0) is 22.4 Å². The van der Waals surface area contributed by atoms with Crippen molar-refractivity contribution in [2.24, 2.45) is 0 Å². The van der Waals surface area contributed by atoms with Crippen molar-refractivity contribution in [3.63, 3.8) is 0 Å². The molecule has 1 aromatic heterocycles. The molecule has 0 amide bonds. The second kappa shape index (κ2) is 9.49. The van der Waals surface area contributed by atoms with Gasteiger partial charge in [0.05, 0.1) is 13.2 Å². The van der Waals surface area contributed by atoms with Gasteiger partial charge in [0.2, 0.25) is 5.16 Å². The Morgan fingerprint density at radius 3 is 2.90 bits per heavy atom. The van der Waals surface area contributed by atoms with E-state index in [0.717, 1.165) is 37.0 Å². The molecule has 0 saturated heterocycles. The second-order valence-corrected chi connectivity index (χ2v) is 5.57. The SMILES string of the molecule is COCCNCCn1nnnc1SCCc1ccccc1. The molecule has 0 radical (unpaired) electrons. The fourth-order valence-corrected chi connectivity index (χ4v) is 2.72. The lowest BCUT2D eigenvalue weighted by Crippen LogP contribution is -2.24. The molecule has 0 unspecified atom stereocenters. The molecule has 0 spiro atoms. The van der Waals surface area contributed by atoms with E-state index in [0.29, 0.717) is 6.61 Å². The number of thioether (sulfide) groups is 1. The van der Waals surface area contributed by atoms with E-state index in [2.05, 4.69) is 45.1 Å². The first-order valence-electron chi connectivity index (χ1n) is 7.02. The van der Waals surface area contributed by atoms with Crippen molar-refractivity contribution in [1.29, 1.82) is 0 Å². The minimum atomic E-state index is 0.717. The molecule has 0 aliphatic carbocycles. The zero-order chi connectivity index (χ0) is 14.8. The maximum absolute atomic E-state index is 4.98. The van der Waals surface area contributed by atoms with Crippen LogP contribution in [0.2, 0.25) is 0 Å². The molecule has 0 fully saturated rings. The lowest BCUT2D eigenvalue weighted by Gasteiger charge is -2.06. The van der Waals surface area contributed by atoms with Crippen LogP contribution in [-0.2, 0) is 17.7 Å². The predicted octanol–water partition coefficient (Wildman–Crippen LogP) is 1.24. The van der Waals surface area contributed by atoms with Crippen molar-refractivity contribution >= 4 is 11.8 Å². The van der Waals surface area contributed by atoms with Crippen LogP contribution in [-0.4, -0.2) is 52.8 Å². The average molecular weight is 307 g/mol. The molecule has 6 nitrogen and oxygen atoms in total. The van der Waals surface area contributed by atoms with Crippen molar-refractivity contribution in [3.05, 3.63) is 35.9 Å². The molecule has 21 heavy (non-hydrogen) atoms. The summed E-state index contributed by atoms with van der Waals surface area (Å²) in [6.07, 6.45) is 1.02. The summed E-state index contributed by atoms with van der Waals surface area (Å²) in [6.45, 7) is 3.16. The number of methoxy groups -OCH3 is 1. The van der Waals surface area contributed by atoms with E-state index in [4.69, 9.17) is 4.74 Å². The third kappa shape index (κ3) is 5.82. The van der Waals surface area contributed by atoms with Crippen molar-refractivity contribution in [2.45, 2.75) is 18.1 Å². The summed E-state index contributed by atoms with van der Waals surface area (Å²) in [7, 11) is 1.70. The van der Waals surface area contributed by atoms with Gasteiger partial charge < -0.3 is 10.1 Å². The topological polar surface area (TPSA) is 64.9 Å². The maximum Gasteiger partial charge on any atom is 0.209 e. The number of nitrogens with one attached hydrogen (secondary N) is 1. The molecular formula is C14H21N5OS. The Bertz CT molecular complexity index is 505. The first kappa shape index (κ1) is 15.9. The van der Waals surface area contributed by atoms with Gasteiger partial charge in [0.25, 0.3) is 0 Å². The zero-order valence-electron chi connectivity index (χ0n) is 12.2. The number of nitrogens with zero attached hydrogens (tertiary/aromatic N) is 4. The summed E-state index contributed by atoms with van der Waals surface area (Å²) in [6, 6.07) is 10.5. The highest BCUT2D eigenvalue weighted by atomic mass is 32.2. The molecule has 0 aliphatic rings. The van der Waals surface area contributed by atoms with Crippen molar-refractivity contribution in [1.82, 2.24) is 25.5 Å². The Balaban J connectivity index is 1.70. The number of tetrazole rings is 1. The first-order chi connectivity index (χ1) is 10.4. The maximum atomic E-state index is 4.98. The largest absolute Gasteiger partial charge is 0.383 e. The van der Waals surface area contributed by atoms with Gasteiger partial charge in [-0.15, -0.1) is 5.10 Å². The molecule has 1 aromatic carbocycles. The van der Waals surface area contributed by atoms with E-state index in [1.807, 2.05) is 10.7 Å². The zero-order valence-corrected chi connectivity index (χ0v) is 13.1. The number of hydrogen-bond acceptors (Lipinski definition) is 6. The van der Waals surface area contributed by atoms with Crippen LogP contribution in [0.15, 0.2) is 35.5 Å². The molecule has 0 atom stereocenters. The highest BCUT2D eigenvalue weighted by Gasteiger charge is 2.06. The van der Waals surface area contributed by atoms with Crippen molar-refractivity contribution in [3.8, 4) is 0 Å². The average Bonchev–Trinajstić information content (AvgIpc) is 2.96. The number of benzene rings is 1. The first-order valence-corrected chi connectivity index (χ1v) is 8.01. The van der Waals surface area contributed by atoms with Gasteiger partial charge in [-0.2, -0.15) is 0 Å². The van der Waals surface area contributed by atoms with E-state index in [9.17, 15) is 0 Å². The molecule has 1 heterocycles. The Morgan fingerprint density at radius 2 is 2.10 bits per heavy atom. The van der Waals surface area contributed by atoms with Gasteiger partial charge in [-0.3, -0.25) is 0 Å². The van der Waals surface area contributed by atoms with E-state index in [1.165, 1.54) is 5.56 Å². The summed E-state index contributed by atoms with van der Waals surface area (Å²) in [4.78, 5) is 0. The number of ether oxygens (including phenoxy) is 1. The minimum absolute atomic E-state index is 0.717. The van der Waals surface area contributed by atoms with Crippen molar-refractivity contribution in [2.75, 3.05) is 32.6 Å². The minimum Gasteiger partial charge on any atom is -0.383 e. The number of hydrogen-bond donors (Lipinski definition) is 1. The Hall–Kier alpha value is -1.44. The molecule has 114 valence electrons. The van der Waals surface area contributed by atoms with Crippen molar-refractivity contribution < 1.29 is 4.74 Å². The standard InChI is InChI=1S/C14H21N5OS/c1-20-11-9-15-8-10-19-14(16-17-18-19)21-12-7-13-5-3-2-4-6-13/h2-6,15H,7-12H2,1H3. The van der Waals surface area contributed by atoms with Gasteiger partial charge in [0.1, 0.15) is 0 Å². The van der Waals surface area contributed by atoms with Crippen LogP contribution >= 0.6 is 11.8 Å². The molecule has 2 rings (SSSR count). The predicted molar refractivity (Wildman–Crippen MR) is 83.4 cm³/mol. The lowest BCUT2D eigenvalue weighted by atomic mass is 10.2. The van der Waals surface area contributed by atoms with Gasteiger partial charge >= 0.3 is 0 Å². The molecule has 2 aromatic rings. The molecule has 1 N–H and O–H groups in total. The van der Waals surface area contributed by atoms with Crippen LogP contribution in [0.5, 0.6) is 0 Å². The summed E-state index contributed by atoms with van der Waals surface area (Å²) >= 11 is 1.69. The van der Waals surface area contributed by atoms with Gasteiger partial charge in [0, 0.05) is 26.0 Å². The normalized spacial score (nSPS) is 10.9. The van der Waals surface area contributed by atoms with Gasteiger partial charge in [-0.25, -0.2) is 4.68 Å². The fraction of sp³-hybridized carbons (Fsp3) is 0.500. The van der Waals surface area contributed by atoms with Crippen LogP contribution in [0.3, 0.4) is 0 Å². The fourth-order valence-electron chi connectivity index (χ4n) is 1.83. The third-order valence-corrected chi connectivity index (χ3v) is 3.91.